The molecule has 0 N–H and O–H groups in total. The van der Waals surface area contributed by atoms with Gasteiger partial charge in [-0.3, -0.25) is 0 Å². The molecule has 0 bridgehead atoms. The van der Waals surface area contributed by atoms with Crippen LogP contribution in [-0.4, -0.2) is 0 Å². The monoisotopic (exact) mass is 380 g/mol. The smallest absolute Gasteiger partial charge is 0.125 e. The van der Waals surface area contributed by atoms with Gasteiger partial charge in [-0.1, -0.05) is 84.9 Å². The van der Waals surface area contributed by atoms with Gasteiger partial charge in [-0.15, -0.1) is 12.4 Å². The first kappa shape index (κ1) is 16.9. The summed E-state index contributed by atoms with van der Waals surface area (Å²) >= 11 is 0. The molecule has 134 valence electrons. The minimum Gasteiger partial charge on any atom is -0.175 e. The van der Waals surface area contributed by atoms with Gasteiger partial charge in [0.15, 0.2) is 0 Å². The Bertz CT molecular complexity index is 1240. The Morgan fingerprint density at radius 3 is 1.68 bits per heavy atom. The predicted octanol–water partition coefficient (Wildman–Crippen LogP) is 7.61. The number of azo groups is 1. The van der Waals surface area contributed by atoms with Crippen molar-refractivity contribution in [2.45, 2.75) is 6.04 Å². The van der Waals surface area contributed by atoms with Crippen molar-refractivity contribution in [2.75, 3.05) is 0 Å². The molecular weight excluding hydrogens is 364 g/mol. The maximum atomic E-state index is 4.69. The van der Waals surface area contributed by atoms with Crippen molar-refractivity contribution < 1.29 is 0 Å². The third-order valence-electron chi connectivity index (χ3n) is 5.62. The van der Waals surface area contributed by atoms with E-state index < -0.39 is 0 Å². The summed E-state index contributed by atoms with van der Waals surface area (Å²) in [5, 5.41) is 9.21. The fourth-order valence-electron chi connectivity index (χ4n) is 4.44. The van der Waals surface area contributed by atoms with Crippen molar-refractivity contribution in [3.8, 4) is 33.4 Å². The van der Waals surface area contributed by atoms with Crippen LogP contribution in [0.5, 0.6) is 0 Å². The molecule has 0 radical (unpaired) electrons. The van der Waals surface area contributed by atoms with Gasteiger partial charge in [-0.25, -0.2) is 0 Å². The molecule has 4 aromatic carbocycles. The summed E-state index contributed by atoms with van der Waals surface area (Å²) in [5.74, 6) is 0. The number of fused-ring (bicyclic) bond motifs is 7. The molecule has 28 heavy (non-hydrogen) atoms. The molecule has 6 rings (SSSR count). The Kier molecular flexibility index (Phi) is 3.88. The molecule has 0 aromatic heterocycles. The molecular formula is C25H17ClN2. The maximum absolute atomic E-state index is 4.69. The van der Waals surface area contributed by atoms with E-state index in [4.69, 9.17) is 0 Å². The molecule has 4 aromatic rings. The Morgan fingerprint density at radius 1 is 0.500 bits per heavy atom. The van der Waals surface area contributed by atoms with Crippen LogP contribution in [0, 0.1) is 0 Å². The standard InChI is InChI=1S/C25H16N2.ClH/c1-2-10-18-16(8-1)17-9-3-4-11-19(17)21-14-7-15-23-24(21)25(27-26-23)22-13-6-5-12-20(18)22;/h1-15,25H;1H. The fourth-order valence-corrected chi connectivity index (χ4v) is 4.44. The zero-order valence-electron chi connectivity index (χ0n) is 15.0. The summed E-state index contributed by atoms with van der Waals surface area (Å²) in [5.41, 5.74) is 10.9. The van der Waals surface area contributed by atoms with Gasteiger partial charge in [-0.2, -0.15) is 10.2 Å². The molecule has 1 atom stereocenters. The normalized spacial score (nSPS) is 15.1. The minimum atomic E-state index is -0.0633. The van der Waals surface area contributed by atoms with Crippen molar-refractivity contribution >= 4 is 18.1 Å². The maximum Gasteiger partial charge on any atom is 0.125 e. The van der Waals surface area contributed by atoms with Crippen LogP contribution in [0.3, 0.4) is 0 Å². The first-order chi connectivity index (χ1) is 13.4. The van der Waals surface area contributed by atoms with Gasteiger partial charge >= 0.3 is 0 Å². The fraction of sp³-hybridized carbons (Fsp3) is 0.0400. The molecule has 0 fully saturated rings. The summed E-state index contributed by atoms with van der Waals surface area (Å²) in [6.07, 6.45) is 0. The van der Waals surface area contributed by atoms with Gasteiger partial charge in [0.05, 0.1) is 5.69 Å². The molecule has 0 amide bonds. The van der Waals surface area contributed by atoms with Crippen molar-refractivity contribution in [2.24, 2.45) is 10.2 Å². The number of rotatable bonds is 0. The molecule has 0 saturated carbocycles. The summed E-state index contributed by atoms with van der Waals surface area (Å²) in [4.78, 5) is 0. The van der Waals surface area contributed by atoms with E-state index in [1.165, 1.54) is 44.5 Å². The van der Waals surface area contributed by atoms with Gasteiger partial charge in [-0.05, 0) is 45.0 Å². The van der Waals surface area contributed by atoms with Crippen molar-refractivity contribution in [1.82, 2.24) is 0 Å². The van der Waals surface area contributed by atoms with E-state index in [1.54, 1.807) is 0 Å². The van der Waals surface area contributed by atoms with E-state index in [-0.39, 0.29) is 18.4 Å². The minimum absolute atomic E-state index is 0. The van der Waals surface area contributed by atoms with E-state index in [1.807, 2.05) is 0 Å². The number of benzene rings is 4. The quantitative estimate of drug-likeness (QED) is 0.300. The molecule has 1 aliphatic heterocycles. The lowest BCUT2D eigenvalue weighted by atomic mass is 9.88. The number of hydrogen-bond acceptors (Lipinski definition) is 2. The number of hydrogen-bond donors (Lipinski definition) is 0. The first-order valence-corrected chi connectivity index (χ1v) is 9.24. The summed E-state index contributed by atoms with van der Waals surface area (Å²) in [7, 11) is 0. The van der Waals surface area contributed by atoms with Crippen LogP contribution in [0.4, 0.5) is 5.69 Å². The van der Waals surface area contributed by atoms with Crippen LogP contribution in [-0.2, 0) is 0 Å². The van der Waals surface area contributed by atoms with Crippen LogP contribution >= 0.6 is 12.4 Å². The van der Waals surface area contributed by atoms with E-state index in [9.17, 15) is 0 Å². The average Bonchev–Trinajstić information content (AvgIpc) is 3.18. The molecule has 1 unspecified atom stereocenters. The van der Waals surface area contributed by atoms with E-state index >= 15 is 0 Å². The lowest BCUT2D eigenvalue weighted by Crippen LogP contribution is -1.99. The third kappa shape index (κ3) is 2.28. The highest BCUT2D eigenvalue weighted by Crippen LogP contribution is 2.51. The van der Waals surface area contributed by atoms with Gasteiger partial charge in [0.2, 0.25) is 0 Å². The highest BCUT2D eigenvalue weighted by molar-refractivity contribution is 5.95. The lowest BCUT2D eigenvalue weighted by molar-refractivity contribution is 0.866. The summed E-state index contributed by atoms with van der Waals surface area (Å²) in [6.45, 7) is 0. The Morgan fingerprint density at radius 2 is 1.00 bits per heavy atom. The number of nitrogens with zero attached hydrogens (tertiary/aromatic N) is 2. The second kappa shape index (κ2) is 6.43. The molecule has 1 heterocycles. The van der Waals surface area contributed by atoms with Gasteiger partial charge in [0.1, 0.15) is 6.04 Å². The predicted molar refractivity (Wildman–Crippen MR) is 116 cm³/mol. The molecule has 0 spiro atoms. The lowest BCUT2D eigenvalue weighted by Gasteiger charge is -2.16. The van der Waals surface area contributed by atoms with E-state index in [0.29, 0.717) is 0 Å². The van der Waals surface area contributed by atoms with Crippen LogP contribution < -0.4 is 0 Å². The highest BCUT2D eigenvalue weighted by Gasteiger charge is 2.30. The number of halogens is 1. The van der Waals surface area contributed by atoms with Crippen LogP contribution in [0.1, 0.15) is 17.2 Å². The van der Waals surface area contributed by atoms with Crippen molar-refractivity contribution in [3.63, 3.8) is 0 Å². The second-order valence-corrected chi connectivity index (χ2v) is 7.03. The highest BCUT2D eigenvalue weighted by atomic mass is 35.5. The SMILES string of the molecule is Cl.c1ccc2c(c1)-c1ccccc1-c1cccc3c1C(N=N3)c1ccccc1-2. The van der Waals surface area contributed by atoms with Gasteiger partial charge in [0, 0.05) is 5.56 Å². The zero-order chi connectivity index (χ0) is 17.8. The van der Waals surface area contributed by atoms with Crippen LogP contribution in [0.2, 0.25) is 0 Å². The van der Waals surface area contributed by atoms with E-state index in [2.05, 4.69) is 101 Å². The van der Waals surface area contributed by atoms with Crippen molar-refractivity contribution in [1.29, 1.82) is 0 Å². The molecule has 3 heteroatoms. The van der Waals surface area contributed by atoms with Crippen LogP contribution in [0.25, 0.3) is 33.4 Å². The average molecular weight is 381 g/mol. The van der Waals surface area contributed by atoms with Gasteiger partial charge < -0.3 is 0 Å². The van der Waals surface area contributed by atoms with E-state index in [0.717, 1.165) is 5.69 Å². The first-order valence-electron chi connectivity index (χ1n) is 9.24. The second-order valence-electron chi connectivity index (χ2n) is 7.03. The zero-order valence-corrected chi connectivity index (χ0v) is 15.9. The third-order valence-corrected chi connectivity index (χ3v) is 5.62. The molecule has 2 aliphatic rings. The Labute approximate surface area is 170 Å². The largest absolute Gasteiger partial charge is 0.175 e. The summed E-state index contributed by atoms with van der Waals surface area (Å²) in [6, 6.07) is 32.3. The van der Waals surface area contributed by atoms with Crippen LogP contribution in [0.15, 0.2) is 101 Å². The van der Waals surface area contributed by atoms with Crippen molar-refractivity contribution in [3.05, 3.63) is 102 Å². The Balaban J connectivity index is 0.00000171. The summed E-state index contributed by atoms with van der Waals surface area (Å²) < 4.78 is 0. The molecule has 1 aliphatic carbocycles. The molecule has 2 nitrogen and oxygen atoms in total. The topological polar surface area (TPSA) is 24.7 Å². The van der Waals surface area contributed by atoms with Gasteiger partial charge in [0.25, 0.3) is 0 Å². The Hall–Kier alpha value is -3.23. The molecule has 0 saturated heterocycles.